The lowest BCUT2D eigenvalue weighted by molar-refractivity contribution is -0.115. The van der Waals surface area contributed by atoms with Crippen molar-refractivity contribution in [3.8, 4) is 0 Å². The van der Waals surface area contributed by atoms with E-state index in [9.17, 15) is 9.59 Å². The van der Waals surface area contributed by atoms with Gasteiger partial charge in [0, 0.05) is 23.5 Å². The highest BCUT2D eigenvalue weighted by Gasteiger charge is 2.19. The molecule has 0 saturated carbocycles. The van der Waals surface area contributed by atoms with Gasteiger partial charge in [0.05, 0.1) is 6.42 Å². The van der Waals surface area contributed by atoms with Crippen LogP contribution in [0.25, 0.3) is 0 Å². The van der Waals surface area contributed by atoms with Crippen LogP contribution in [0.2, 0.25) is 0 Å². The van der Waals surface area contributed by atoms with E-state index >= 15 is 0 Å². The Bertz CT molecular complexity index is 725. The number of fused-ring (bicyclic) bond motifs is 1. The van der Waals surface area contributed by atoms with E-state index in [1.165, 1.54) is 0 Å². The van der Waals surface area contributed by atoms with Gasteiger partial charge in [0.1, 0.15) is 0 Å². The van der Waals surface area contributed by atoms with E-state index in [1.807, 2.05) is 24.3 Å². The fourth-order valence-corrected chi connectivity index (χ4v) is 2.37. The zero-order chi connectivity index (χ0) is 14.8. The van der Waals surface area contributed by atoms with E-state index in [4.69, 9.17) is 5.73 Å². The number of hydrogen-bond acceptors (Lipinski definition) is 3. The van der Waals surface area contributed by atoms with Crippen molar-refractivity contribution >= 4 is 23.2 Å². The van der Waals surface area contributed by atoms with E-state index in [1.54, 1.807) is 18.2 Å². The zero-order valence-corrected chi connectivity index (χ0v) is 11.3. The van der Waals surface area contributed by atoms with Crippen LogP contribution in [-0.2, 0) is 17.8 Å². The normalized spacial score (nSPS) is 12.7. The maximum absolute atomic E-state index is 12.3. The molecule has 0 unspecified atom stereocenters. The molecule has 2 amide bonds. The van der Waals surface area contributed by atoms with Crippen LogP contribution < -0.4 is 16.4 Å². The van der Waals surface area contributed by atoms with Crippen molar-refractivity contribution in [2.24, 2.45) is 5.73 Å². The summed E-state index contributed by atoms with van der Waals surface area (Å²) >= 11 is 0. The number of nitrogens with two attached hydrogens (primary N) is 1. The SMILES string of the molecule is NCc1ccccc1NC(=O)c1ccc2c(c1)NC(=O)C2. The van der Waals surface area contributed by atoms with Gasteiger partial charge in [-0.15, -0.1) is 0 Å². The molecule has 106 valence electrons. The van der Waals surface area contributed by atoms with Crippen LogP contribution in [0, 0.1) is 0 Å². The van der Waals surface area contributed by atoms with Crippen molar-refractivity contribution in [3.63, 3.8) is 0 Å². The Balaban J connectivity index is 1.83. The highest BCUT2D eigenvalue weighted by Crippen LogP contribution is 2.24. The summed E-state index contributed by atoms with van der Waals surface area (Å²) in [5, 5.41) is 5.59. The number of carbonyl (C=O) groups is 2. The van der Waals surface area contributed by atoms with Gasteiger partial charge in [-0.25, -0.2) is 0 Å². The number of rotatable bonds is 3. The topological polar surface area (TPSA) is 84.2 Å². The molecule has 0 atom stereocenters. The number of amides is 2. The van der Waals surface area contributed by atoms with Crippen LogP contribution in [0.4, 0.5) is 11.4 Å². The second-order valence-corrected chi connectivity index (χ2v) is 4.91. The molecule has 0 saturated heterocycles. The van der Waals surface area contributed by atoms with Crippen molar-refractivity contribution in [2.75, 3.05) is 10.6 Å². The van der Waals surface area contributed by atoms with Crippen LogP contribution >= 0.6 is 0 Å². The molecule has 5 nitrogen and oxygen atoms in total. The highest BCUT2D eigenvalue weighted by atomic mass is 16.2. The number of carbonyl (C=O) groups excluding carboxylic acids is 2. The van der Waals surface area contributed by atoms with Gasteiger partial charge in [-0.2, -0.15) is 0 Å². The molecule has 0 bridgehead atoms. The number of benzene rings is 2. The standard InChI is InChI=1S/C16H15N3O2/c17-9-12-3-1-2-4-13(12)19-16(21)11-6-5-10-8-15(20)18-14(10)7-11/h1-7H,8-9,17H2,(H,18,20)(H,19,21). The first kappa shape index (κ1) is 13.3. The van der Waals surface area contributed by atoms with Crippen LogP contribution in [0.3, 0.4) is 0 Å². The van der Waals surface area contributed by atoms with Crippen LogP contribution in [0.5, 0.6) is 0 Å². The quantitative estimate of drug-likeness (QED) is 0.803. The maximum atomic E-state index is 12.3. The fourth-order valence-electron chi connectivity index (χ4n) is 2.37. The van der Waals surface area contributed by atoms with Gasteiger partial charge < -0.3 is 16.4 Å². The second kappa shape index (κ2) is 5.38. The minimum atomic E-state index is -0.222. The fraction of sp³-hybridized carbons (Fsp3) is 0.125. The lowest BCUT2D eigenvalue weighted by Gasteiger charge is -2.10. The third-order valence-corrected chi connectivity index (χ3v) is 3.48. The molecule has 1 aliphatic rings. The molecule has 21 heavy (non-hydrogen) atoms. The van der Waals surface area contributed by atoms with Crippen molar-refractivity contribution in [2.45, 2.75) is 13.0 Å². The molecule has 5 heteroatoms. The first-order chi connectivity index (χ1) is 10.2. The molecular weight excluding hydrogens is 266 g/mol. The Morgan fingerprint density at radius 1 is 1.24 bits per heavy atom. The Kier molecular flexibility index (Phi) is 3.41. The zero-order valence-electron chi connectivity index (χ0n) is 11.3. The molecule has 0 aromatic heterocycles. The van der Waals surface area contributed by atoms with Gasteiger partial charge in [-0.1, -0.05) is 24.3 Å². The van der Waals surface area contributed by atoms with Crippen molar-refractivity contribution in [3.05, 3.63) is 59.2 Å². The van der Waals surface area contributed by atoms with E-state index < -0.39 is 0 Å². The van der Waals surface area contributed by atoms with Gasteiger partial charge in [0.25, 0.3) is 5.91 Å². The summed E-state index contributed by atoms with van der Waals surface area (Å²) in [6.45, 7) is 0.358. The predicted molar refractivity (Wildman–Crippen MR) is 81.1 cm³/mol. The predicted octanol–water partition coefficient (Wildman–Crippen LogP) is 1.89. The van der Waals surface area contributed by atoms with E-state index in [-0.39, 0.29) is 11.8 Å². The third-order valence-electron chi connectivity index (χ3n) is 3.48. The molecule has 2 aromatic carbocycles. The highest BCUT2D eigenvalue weighted by molar-refractivity contribution is 6.07. The average molecular weight is 281 g/mol. The molecule has 0 radical (unpaired) electrons. The smallest absolute Gasteiger partial charge is 0.255 e. The summed E-state index contributed by atoms with van der Waals surface area (Å²) in [4.78, 5) is 23.6. The van der Waals surface area contributed by atoms with E-state index in [0.717, 1.165) is 11.1 Å². The Labute approximate surface area is 122 Å². The van der Waals surface area contributed by atoms with Crippen LogP contribution in [-0.4, -0.2) is 11.8 Å². The van der Waals surface area contributed by atoms with Gasteiger partial charge in [0.15, 0.2) is 0 Å². The summed E-state index contributed by atoms with van der Waals surface area (Å²) in [5.41, 5.74) is 9.36. The Hall–Kier alpha value is -2.66. The molecule has 1 heterocycles. The van der Waals surface area contributed by atoms with Gasteiger partial charge >= 0.3 is 0 Å². The van der Waals surface area contributed by atoms with Crippen LogP contribution in [0.15, 0.2) is 42.5 Å². The lowest BCUT2D eigenvalue weighted by Crippen LogP contribution is -2.14. The van der Waals surface area contributed by atoms with E-state index in [0.29, 0.717) is 29.9 Å². The molecule has 3 rings (SSSR count). The largest absolute Gasteiger partial charge is 0.326 e. The van der Waals surface area contributed by atoms with Gasteiger partial charge in [-0.05, 0) is 29.3 Å². The van der Waals surface area contributed by atoms with Gasteiger partial charge in [0.2, 0.25) is 5.91 Å². The molecule has 0 spiro atoms. The number of nitrogens with one attached hydrogen (secondary N) is 2. The molecule has 1 aliphatic heterocycles. The first-order valence-electron chi connectivity index (χ1n) is 6.69. The van der Waals surface area contributed by atoms with Crippen molar-refractivity contribution < 1.29 is 9.59 Å². The van der Waals surface area contributed by atoms with Crippen molar-refractivity contribution in [1.29, 1.82) is 0 Å². The number of anilines is 2. The minimum Gasteiger partial charge on any atom is -0.326 e. The van der Waals surface area contributed by atoms with Crippen molar-refractivity contribution in [1.82, 2.24) is 0 Å². The molecular formula is C16H15N3O2. The molecule has 2 aromatic rings. The average Bonchev–Trinajstić information content (AvgIpc) is 2.86. The summed E-state index contributed by atoms with van der Waals surface area (Å²) < 4.78 is 0. The molecule has 0 fully saturated rings. The Morgan fingerprint density at radius 2 is 2.05 bits per heavy atom. The Morgan fingerprint density at radius 3 is 2.86 bits per heavy atom. The van der Waals surface area contributed by atoms with E-state index in [2.05, 4.69) is 10.6 Å². The maximum Gasteiger partial charge on any atom is 0.255 e. The minimum absolute atomic E-state index is 0.0453. The number of para-hydroxylation sites is 1. The van der Waals surface area contributed by atoms with Crippen LogP contribution in [0.1, 0.15) is 21.5 Å². The monoisotopic (exact) mass is 281 g/mol. The summed E-state index contributed by atoms with van der Waals surface area (Å²) in [7, 11) is 0. The summed E-state index contributed by atoms with van der Waals surface area (Å²) in [5.74, 6) is -0.268. The molecule has 4 N–H and O–H groups in total. The summed E-state index contributed by atoms with van der Waals surface area (Å²) in [6, 6.07) is 12.6. The second-order valence-electron chi connectivity index (χ2n) is 4.91. The lowest BCUT2D eigenvalue weighted by atomic mass is 10.1. The third kappa shape index (κ3) is 2.64. The molecule has 0 aliphatic carbocycles. The van der Waals surface area contributed by atoms with Gasteiger partial charge in [-0.3, -0.25) is 9.59 Å². The summed E-state index contributed by atoms with van der Waals surface area (Å²) in [6.07, 6.45) is 0.368. The first-order valence-corrected chi connectivity index (χ1v) is 6.69. The number of hydrogen-bond donors (Lipinski definition) is 3.